The fourth-order valence-corrected chi connectivity index (χ4v) is 3.93. The van der Waals surface area contributed by atoms with Gasteiger partial charge in [-0.25, -0.2) is 0 Å². The third-order valence-electron chi connectivity index (χ3n) is 5.64. The van der Waals surface area contributed by atoms with Crippen molar-refractivity contribution in [3.8, 4) is 11.6 Å². The summed E-state index contributed by atoms with van der Waals surface area (Å²) < 4.78 is 10.8. The number of rotatable bonds is 5. The van der Waals surface area contributed by atoms with Gasteiger partial charge in [0, 0.05) is 11.5 Å². The number of Topliss-reactive ketones (excluding diaryl/α,β-unsaturated/α-hetero) is 1. The van der Waals surface area contributed by atoms with Crippen LogP contribution in [0.15, 0.2) is 45.5 Å². The number of furan rings is 1. The number of piperidine rings is 1. The molecule has 1 fully saturated rings. The van der Waals surface area contributed by atoms with Crippen LogP contribution in [-0.4, -0.2) is 33.9 Å². The molecule has 0 amide bonds. The Bertz CT molecular complexity index is 953. The number of carbonyl (C=O) groups excluding carboxylic acids is 1. The van der Waals surface area contributed by atoms with Gasteiger partial charge in [0.2, 0.25) is 11.7 Å². The summed E-state index contributed by atoms with van der Waals surface area (Å²) >= 11 is 0. The number of aryl methyl sites for hydroxylation is 2. The Labute approximate surface area is 164 Å². The molecule has 3 aromatic rings. The zero-order valence-electron chi connectivity index (χ0n) is 16.5. The van der Waals surface area contributed by atoms with Gasteiger partial charge in [-0.15, -0.1) is 0 Å². The van der Waals surface area contributed by atoms with E-state index in [0.717, 1.165) is 37.1 Å². The predicted molar refractivity (Wildman–Crippen MR) is 105 cm³/mol. The maximum Gasteiger partial charge on any atom is 0.244 e. The molecule has 0 bridgehead atoms. The van der Waals surface area contributed by atoms with E-state index in [1.165, 1.54) is 5.56 Å². The van der Waals surface area contributed by atoms with Crippen LogP contribution < -0.4 is 0 Å². The highest BCUT2D eigenvalue weighted by Gasteiger charge is 2.31. The van der Waals surface area contributed by atoms with Crippen molar-refractivity contribution in [1.29, 1.82) is 0 Å². The maximum absolute atomic E-state index is 12.9. The minimum Gasteiger partial charge on any atom is -0.461 e. The van der Waals surface area contributed by atoms with Crippen molar-refractivity contribution in [2.24, 2.45) is 5.92 Å². The zero-order chi connectivity index (χ0) is 19.7. The first-order valence-corrected chi connectivity index (χ1v) is 9.76. The van der Waals surface area contributed by atoms with E-state index in [9.17, 15) is 4.79 Å². The highest BCUT2D eigenvalue weighted by Crippen LogP contribution is 2.29. The van der Waals surface area contributed by atoms with Gasteiger partial charge in [-0.2, -0.15) is 4.98 Å². The summed E-state index contributed by atoms with van der Waals surface area (Å²) in [5.74, 6) is 1.98. The van der Waals surface area contributed by atoms with Crippen LogP contribution in [0.2, 0.25) is 0 Å². The Morgan fingerprint density at radius 1 is 1.21 bits per heavy atom. The second kappa shape index (κ2) is 7.72. The van der Waals surface area contributed by atoms with Crippen molar-refractivity contribution in [1.82, 2.24) is 15.0 Å². The molecule has 0 N–H and O–H groups in total. The van der Waals surface area contributed by atoms with Gasteiger partial charge in [0.15, 0.2) is 11.5 Å². The van der Waals surface area contributed by atoms with Crippen LogP contribution in [0.5, 0.6) is 0 Å². The molecule has 6 nitrogen and oxygen atoms in total. The highest BCUT2D eigenvalue weighted by atomic mass is 16.5. The third-order valence-corrected chi connectivity index (χ3v) is 5.64. The first-order valence-electron chi connectivity index (χ1n) is 9.76. The second-order valence-electron chi connectivity index (χ2n) is 7.60. The van der Waals surface area contributed by atoms with Crippen LogP contribution in [0.4, 0.5) is 0 Å². The molecule has 3 heterocycles. The molecule has 1 atom stereocenters. The highest BCUT2D eigenvalue weighted by molar-refractivity contribution is 5.99. The quantitative estimate of drug-likeness (QED) is 0.603. The lowest BCUT2D eigenvalue weighted by Gasteiger charge is -2.34. The lowest BCUT2D eigenvalue weighted by molar-refractivity contribution is 0.0774. The standard InChI is InChI=1S/C22H25N3O3/c1-14-6-7-18(15(2)13-14)20(26)17-8-10-25(11-9-17)16(3)22-23-21(24-28-22)19-5-4-12-27-19/h4-7,12-13,16-17H,8-11H2,1-3H3. The van der Waals surface area contributed by atoms with Gasteiger partial charge in [-0.1, -0.05) is 28.9 Å². The van der Waals surface area contributed by atoms with E-state index in [0.29, 0.717) is 17.5 Å². The number of ketones is 1. The van der Waals surface area contributed by atoms with Crippen LogP contribution in [0, 0.1) is 19.8 Å². The van der Waals surface area contributed by atoms with Crippen molar-refractivity contribution < 1.29 is 13.7 Å². The molecule has 2 aromatic heterocycles. The summed E-state index contributed by atoms with van der Waals surface area (Å²) in [6.45, 7) is 7.80. The number of likely N-dealkylation sites (tertiary alicyclic amines) is 1. The van der Waals surface area contributed by atoms with Crippen LogP contribution in [0.3, 0.4) is 0 Å². The van der Waals surface area contributed by atoms with E-state index < -0.39 is 0 Å². The summed E-state index contributed by atoms with van der Waals surface area (Å²) in [6.07, 6.45) is 3.28. The van der Waals surface area contributed by atoms with Crippen molar-refractivity contribution in [3.63, 3.8) is 0 Å². The number of aromatic nitrogens is 2. The molecule has 1 aromatic carbocycles. The van der Waals surface area contributed by atoms with Gasteiger partial charge in [0.05, 0.1) is 12.3 Å². The van der Waals surface area contributed by atoms with Gasteiger partial charge in [-0.3, -0.25) is 9.69 Å². The van der Waals surface area contributed by atoms with Gasteiger partial charge in [0.1, 0.15) is 0 Å². The lowest BCUT2D eigenvalue weighted by Crippen LogP contribution is -2.38. The average Bonchev–Trinajstić information content (AvgIpc) is 3.39. The minimum absolute atomic E-state index is 0.00775. The average molecular weight is 379 g/mol. The van der Waals surface area contributed by atoms with Gasteiger partial charge in [0.25, 0.3) is 0 Å². The van der Waals surface area contributed by atoms with Gasteiger partial charge in [-0.05, 0) is 64.4 Å². The van der Waals surface area contributed by atoms with Gasteiger partial charge < -0.3 is 8.94 Å². The van der Waals surface area contributed by atoms with E-state index in [-0.39, 0.29) is 17.7 Å². The Kier molecular flexibility index (Phi) is 5.13. The molecule has 28 heavy (non-hydrogen) atoms. The Balaban J connectivity index is 1.39. The maximum atomic E-state index is 12.9. The third kappa shape index (κ3) is 3.64. The molecule has 0 saturated carbocycles. The van der Waals surface area contributed by atoms with Crippen molar-refractivity contribution in [2.45, 2.75) is 39.7 Å². The molecule has 1 saturated heterocycles. The van der Waals surface area contributed by atoms with Gasteiger partial charge >= 0.3 is 0 Å². The minimum atomic E-state index is 0.00775. The fourth-order valence-electron chi connectivity index (χ4n) is 3.93. The molecule has 4 rings (SSSR count). The Morgan fingerprint density at radius 2 is 2.00 bits per heavy atom. The number of carbonyl (C=O) groups is 1. The van der Waals surface area contributed by atoms with Crippen LogP contribution in [-0.2, 0) is 0 Å². The monoisotopic (exact) mass is 379 g/mol. The van der Waals surface area contributed by atoms with Crippen molar-refractivity contribution >= 4 is 5.78 Å². The largest absolute Gasteiger partial charge is 0.461 e. The Hall–Kier alpha value is -2.73. The van der Waals surface area contributed by atoms with E-state index in [1.807, 2.05) is 25.1 Å². The summed E-state index contributed by atoms with van der Waals surface area (Å²) in [4.78, 5) is 19.7. The first kappa shape index (κ1) is 18.6. The molecule has 1 aliphatic heterocycles. The molecule has 146 valence electrons. The fraction of sp³-hybridized carbons (Fsp3) is 0.409. The molecule has 6 heteroatoms. The number of nitrogens with zero attached hydrogens (tertiary/aromatic N) is 3. The molecular weight excluding hydrogens is 354 g/mol. The van der Waals surface area contributed by atoms with E-state index in [2.05, 4.69) is 35.0 Å². The topological polar surface area (TPSA) is 72.4 Å². The molecule has 0 aliphatic carbocycles. The van der Waals surface area contributed by atoms with E-state index in [4.69, 9.17) is 8.94 Å². The van der Waals surface area contributed by atoms with Crippen LogP contribution in [0.1, 0.15) is 53.2 Å². The van der Waals surface area contributed by atoms with Crippen LogP contribution in [0.25, 0.3) is 11.6 Å². The Morgan fingerprint density at radius 3 is 2.68 bits per heavy atom. The zero-order valence-corrected chi connectivity index (χ0v) is 16.5. The van der Waals surface area contributed by atoms with Crippen LogP contribution >= 0.6 is 0 Å². The second-order valence-corrected chi connectivity index (χ2v) is 7.60. The number of benzene rings is 1. The van der Waals surface area contributed by atoms with E-state index in [1.54, 1.807) is 12.3 Å². The van der Waals surface area contributed by atoms with Crippen molar-refractivity contribution in [2.75, 3.05) is 13.1 Å². The predicted octanol–water partition coefficient (Wildman–Crippen LogP) is 4.60. The molecule has 1 unspecified atom stereocenters. The first-order chi connectivity index (χ1) is 13.5. The summed E-state index contributed by atoms with van der Waals surface area (Å²) in [5.41, 5.74) is 3.11. The summed E-state index contributed by atoms with van der Waals surface area (Å²) in [7, 11) is 0. The normalized spacial score (nSPS) is 17.0. The molecule has 0 radical (unpaired) electrons. The molecule has 1 aliphatic rings. The molecular formula is C22H25N3O3. The SMILES string of the molecule is Cc1ccc(C(=O)C2CCN(C(C)c3nc(-c4ccco4)no3)CC2)c(C)c1. The van der Waals surface area contributed by atoms with Crippen molar-refractivity contribution in [3.05, 3.63) is 59.2 Å². The lowest BCUT2D eigenvalue weighted by atomic mass is 9.86. The molecule has 0 spiro atoms. The smallest absolute Gasteiger partial charge is 0.244 e. The van der Waals surface area contributed by atoms with E-state index >= 15 is 0 Å². The number of hydrogen-bond donors (Lipinski definition) is 0. The summed E-state index contributed by atoms with van der Waals surface area (Å²) in [5, 5.41) is 4.01. The summed E-state index contributed by atoms with van der Waals surface area (Å²) in [6, 6.07) is 9.68. The number of hydrogen-bond acceptors (Lipinski definition) is 6.